The molecule has 3 aromatic rings. The number of ether oxygens (including phenoxy) is 1. The van der Waals surface area contributed by atoms with E-state index in [1.165, 1.54) is 4.90 Å². The van der Waals surface area contributed by atoms with Crippen molar-refractivity contribution in [2.24, 2.45) is 17.3 Å². The molecule has 3 unspecified atom stereocenters. The van der Waals surface area contributed by atoms with Crippen LogP contribution in [0.3, 0.4) is 0 Å². The number of imide groups is 1. The van der Waals surface area contributed by atoms with Gasteiger partial charge in [0.2, 0.25) is 11.8 Å². The number of amides is 2. The molecule has 1 aliphatic carbocycles. The van der Waals surface area contributed by atoms with Crippen LogP contribution in [-0.2, 0) is 27.4 Å². The zero-order chi connectivity index (χ0) is 22.9. The van der Waals surface area contributed by atoms with Gasteiger partial charge in [-0.1, -0.05) is 13.8 Å². The topological polar surface area (TPSA) is 80.6 Å². The summed E-state index contributed by atoms with van der Waals surface area (Å²) in [6, 6.07) is 3.98. The van der Waals surface area contributed by atoms with E-state index in [1.54, 1.807) is 17.5 Å². The quantitative estimate of drug-likeness (QED) is 0.539. The second-order valence-electron chi connectivity index (χ2n) is 9.98. The molecular weight excluding hydrogens is 438 g/mol. The molecule has 2 saturated heterocycles. The first-order valence-corrected chi connectivity index (χ1v) is 12.2. The molecule has 3 aromatic heterocycles. The summed E-state index contributed by atoms with van der Waals surface area (Å²) in [6.07, 6.45) is 5.72. The summed E-state index contributed by atoms with van der Waals surface area (Å²) < 4.78 is 9.12. The molecule has 3 aliphatic rings. The third kappa shape index (κ3) is 3.33. The summed E-state index contributed by atoms with van der Waals surface area (Å²) >= 11 is 1.58. The number of hydrogen-bond donors (Lipinski definition) is 0. The zero-order valence-corrected chi connectivity index (χ0v) is 19.8. The Labute approximate surface area is 196 Å². The van der Waals surface area contributed by atoms with Crippen molar-refractivity contribution in [3.63, 3.8) is 0 Å². The number of nitrogens with zero attached hydrogens (tertiary/aromatic N) is 5. The van der Waals surface area contributed by atoms with E-state index >= 15 is 0 Å². The zero-order valence-electron chi connectivity index (χ0n) is 19.0. The lowest BCUT2D eigenvalue weighted by molar-refractivity contribution is -0.143. The largest absolute Gasteiger partial charge is 0.374 e. The van der Waals surface area contributed by atoms with Gasteiger partial charge in [-0.2, -0.15) is 0 Å². The van der Waals surface area contributed by atoms with Crippen LogP contribution in [0.15, 0.2) is 30.7 Å². The lowest BCUT2D eigenvalue weighted by Gasteiger charge is -2.30. The van der Waals surface area contributed by atoms with Crippen LogP contribution in [0.1, 0.15) is 18.7 Å². The number of carbonyl (C=O) groups excluding carboxylic acids is 2. The van der Waals surface area contributed by atoms with E-state index in [9.17, 15) is 9.59 Å². The molecule has 6 rings (SSSR count). The van der Waals surface area contributed by atoms with Crippen LogP contribution in [0.4, 0.5) is 0 Å². The molecule has 0 spiro atoms. The number of likely N-dealkylation sites (tertiary alicyclic amines) is 1. The number of imidazole rings is 1. The number of fused-ring (bicyclic) bond motifs is 2. The smallest absolute Gasteiger partial charge is 0.234 e. The summed E-state index contributed by atoms with van der Waals surface area (Å²) in [5.41, 5.74) is 1.68. The summed E-state index contributed by atoms with van der Waals surface area (Å²) in [4.78, 5) is 39.4. The second-order valence-corrected chi connectivity index (χ2v) is 11.1. The van der Waals surface area contributed by atoms with Crippen LogP contribution >= 0.6 is 11.3 Å². The Morgan fingerprint density at radius 1 is 1.18 bits per heavy atom. The monoisotopic (exact) mass is 465 g/mol. The number of pyridine rings is 1. The molecule has 0 aromatic carbocycles. The van der Waals surface area contributed by atoms with Gasteiger partial charge in [0.1, 0.15) is 5.82 Å². The second kappa shape index (κ2) is 7.44. The third-order valence-corrected chi connectivity index (χ3v) is 8.51. The first-order chi connectivity index (χ1) is 15.8. The van der Waals surface area contributed by atoms with Crippen LogP contribution in [0.25, 0.3) is 21.6 Å². The fourth-order valence-electron chi connectivity index (χ4n) is 5.45. The Balaban J connectivity index is 1.27. The third-order valence-electron chi connectivity index (χ3n) is 7.37. The molecular formula is C24H27N5O3S. The van der Waals surface area contributed by atoms with E-state index in [4.69, 9.17) is 4.74 Å². The van der Waals surface area contributed by atoms with Gasteiger partial charge < -0.3 is 14.2 Å². The van der Waals surface area contributed by atoms with E-state index in [0.29, 0.717) is 6.54 Å². The van der Waals surface area contributed by atoms with Gasteiger partial charge in [0.15, 0.2) is 0 Å². The van der Waals surface area contributed by atoms with E-state index in [0.717, 1.165) is 52.7 Å². The maximum Gasteiger partial charge on any atom is 0.234 e. The molecule has 5 heterocycles. The van der Waals surface area contributed by atoms with E-state index < -0.39 is 0 Å². The van der Waals surface area contributed by atoms with Gasteiger partial charge in [0, 0.05) is 42.1 Å². The average Bonchev–Trinajstić information content (AvgIpc) is 3.18. The molecule has 0 radical (unpaired) electrons. The molecule has 9 heteroatoms. The number of morpholine rings is 1. The Bertz CT molecular complexity index is 1240. The highest BCUT2D eigenvalue weighted by Crippen LogP contribution is 2.63. The van der Waals surface area contributed by atoms with Gasteiger partial charge in [0.05, 0.1) is 47.9 Å². The van der Waals surface area contributed by atoms with Gasteiger partial charge in [0.25, 0.3) is 0 Å². The molecule has 1 saturated carbocycles. The molecule has 8 nitrogen and oxygen atoms in total. The van der Waals surface area contributed by atoms with Crippen molar-refractivity contribution < 1.29 is 14.3 Å². The highest BCUT2D eigenvalue weighted by molar-refractivity contribution is 7.19. The average molecular weight is 466 g/mol. The number of aromatic nitrogens is 3. The molecule has 3 fully saturated rings. The summed E-state index contributed by atoms with van der Waals surface area (Å²) in [6.45, 7) is 7.65. The number of thiophene rings is 1. The fraction of sp³-hybridized carbons (Fsp3) is 0.500. The van der Waals surface area contributed by atoms with Crippen LogP contribution in [-0.4, -0.2) is 69.0 Å². The first-order valence-electron chi connectivity index (χ1n) is 11.4. The van der Waals surface area contributed by atoms with Gasteiger partial charge in [-0.3, -0.25) is 19.5 Å². The molecule has 33 heavy (non-hydrogen) atoms. The Hall–Kier alpha value is -2.62. The maximum absolute atomic E-state index is 12.8. The summed E-state index contributed by atoms with van der Waals surface area (Å²) in [5.74, 6) is 0.509. The molecule has 0 N–H and O–H groups in total. The standard InChI is InChI=1S/C24H27N5O3S/c1-24(2)18-19(24)23(31)29(22(18)30)13-15-10-17-20(33-15)16(4-5-25-17)21-26-6-7-28(21)12-14-11-27(3)8-9-32-14/h4-7,10,14,18-19H,8-9,11-13H2,1-3H3. The van der Waals surface area contributed by atoms with Gasteiger partial charge in [-0.25, -0.2) is 4.98 Å². The highest BCUT2D eigenvalue weighted by Gasteiger charge is 2.72. The lowest BCUT2D eigenvalue weighted by Crippen LogP contribution is -2.41. The molecule has 2 aliphatic heterocycles. The number of hydrogen-bond acceptors (Lipinski definition) is 7. The fourth-order valence-corrected chi connectivity index (χ4v) is 6.57. The number of piperidine rings is 1. The van der Waals surface area contributed by atoms with Crippen LogP contribution in [0.5, 0.6) is 0 Å². The first kappa shape index (κ1) is 20.9. The molecule has 172 valence electrons. The van der Waals surface area contributed by atoms with Crippen molar-refractivity contribution in [3.8, 4) is 11.4 Å². The molecule has 0 bridgehead atoms. The Morgan fingerprint density at radius 2 is 1.97 bits per heavy atom. The van der Waals surface area contributed by atoms with E-state index in [2.05, 4.69) is 26.5 Å². The Kier molecular flexibility index (Phi) is 4.73. The molecule has 3 atom stereocenters. The minimum absolute atomic E-state index is 0.0337. The van der Waals surface area contributed by atoms with Gasteiger partial charge in [-0.05, 0) is 24.6 Å². The van der Waals surface area contributed by atoms with Crippen molar-refractivity contribution in [2.45, 2.75) is 33.0 Å². The lowest BCUT2D eigenvalue weighted by atomic mass is 10.1. The minimum Gasteiger partial charge on any atom is -0.374 e. The summed E-state index contributed by atoms with van der Waals surface area (Å²) in [7, 11) is 2.12. The Morgan fingerprint density at radius 3 is 2.73 bits per heavy atom. The SMILES string of the molecule is CN1CCOC(Cn2ccnc2-c2ccnc3cc(CN4C(=O)C5C(C4=O)C5(C)C)sc23)C1. The van der Waals surface area contributed by atoms with E-state index in [-0.39, 0.29) is 35.2 Å². The molecule has 2 amide bonds. The van der Waals surface area contributed by atoms with Crippen LogP contribution in [0.2, 0.25) is 0 Å². The van der Waals surface area contributed by atoms with Gasteiger partial charge in [-0.15, -0.1) is 11.3 Å². The van der Waals surface area contributed by atoms with Crippen LogP contribution < -0.4 is 0 Å². The normalized spacial score (nSPS) is 26.9. The van der Waals surface area contributed by atoms with Crippen molar-refractivity contribution in [1.29, 1.82) is 0 Å². The van der Waals surface area contributed by atoms with Crippen molar-refractivity contribution in [2.75, 3.05) is 26.7 Å². The predicted octanol–water partition coefficient (Wildman–Crippen LogP) is 2.63. The highest BCUT2D eigenvalue weighted by atomic mass is 32.1. The predicted molar refractivity (Wildman–Crippen MR) is 124 cm³/mol. The van der Waals surface area contributed by atoms with Gasteiger partial charge >= 0.3 is 0 Å². The summed E-state index contributed by atoms with van der Waals surface area (Å²) in [5, 5.41) is 0. The minimum atomic E-state index is -0.187. The van der Waals surface area contributed by atoms with E-state index in [1.807, 2.05) is 38.4 Å². The van der Waals surface area contributed by atoms with Crippen molar-refractivity contribution in [3.05, 3.63) is 35.6 Å². The number of likely N-dealkylation sites (N-methyl/N-ethyl adjacent to an activating group) is 1. The number of carbonyl (C=O) groups is 2. The van der Waals surface area contributed by atoms with Crippen molar-refractivity contribution in [1.82, 2.24) is 24.3 Å². The maximum atomic E-state index is 12.8. The van der Waals surface area contributed by atoms with Crippen LogP contribution in [0, 0.1) is 17.3 Å². The van der Waals surface area contributed by atoms with Crippen molar-refractivity contribution >= 4 is 33.4 Å². The number of rotatable bonds is 5.